The van der Waals surface area contributed by atoms with E-state index in [1.807, 2.05) is 0 Å². The van der Waals surface area contributed by atoms with Crippen molar-refractivity contribution in [2.45, 2.75) is 25.7 Å². The second kappa shape index (κ2) is 4.83. The third-order valence-electron chi connectivity index (χ3n) is 2.93. The summed E-state index contributed by atoms with van der Waals surface area (Å²) in [5.41, 5.74) is 6.10. The molecule has 1 aliphatic carbocycles. The third-order valence-corrected chi connectivity index (χ3v) is 3.17. The van der Waals surface area contributed by atoms with Gasteiger partial charge in [0.25, 0.3) is 0 Å². The molecule has 1 aromatic carbocycles. The lowest BCUT2D eigenvalue weighted by Crippen LogP contribution is -2.20. The smallest absolute Gasteiger partial charge is 0.148 e. The van der Waals surface area contributed by atoms with Crippen LogP contribution in [0.2, 0.25) is 5.02 Å². The van der Waals surface area contributed by atoms with Crippen molar-refractivity contribution in [1.82, 2.24) is 0 Å². The SMILES string of the molecule is NC(=Nc1cc(Cl)ccc1F)C1CCCC1. The fraction of sp³-hybridized carbons (Fsp3) is 0.417. The Kier molecular flexibility index (Phi) is 3.44. The average Bonchev–Trinajstić information content (AvgIpc) is 2.76. The maximum Gasteiger partial charge on any atom is 0.148 e. The molecule has 1 saturated carbocycles. The van der Waals surface area contributed by atoms with Gasteiger partial charge in [0.2, 0.25) is 0 Å². The van der Waals surface area contributed by atoms with E-state index in [0.29, 0.717) is 16.8 Å². The zero-order valence-corrected chi connectivity index (χ0v) is 9.67. The van der Waals surface area contributed by atoms with Crippen LogP contribution in [-0.4, -0.2) is 5.84 Å². The summed E-state index contributed by atoms with van der Waals surface area (Å²) in [5, 5.41) is 0.472. The van der Waals surface area contributed by atoms with E-state index in [9.17, 15) is 4.39 Å². The number of aliphatic imine (C=N–C) groups is 1. The molecule has 2 nitrogen and oxygen atoms in total. The molecule has 16 heavy (non-hydrogen) atoms. The summed E-state index contributed by atoms with van der Waals surface area (Å²) in [6.45, 7) is 0. The topological polar surface area (TPSA) is 38.4 Å². The molecule has 0 spiro atoms. The standard InChI is InChI=1S/C12H14ClFN2/c13-9-5-6-10(14)11(7-9)16-12(15)8-3-1-2-4-8/h5-8H,1-4H2,(H2,15,16). The predicted octanol–water partition coefficient (Wildman–Crippen LogP) is 3.66. The molecule has 0 aliphatic heterocycles. The summed E-state index contributed by atoms with van der Waals surface area (Å²) in [6, 6.07) is 4.31. The van der Waals surface area contributed by atoms with E-state index in [0.717, 1.165) is 12.8 Å². The van der Waals surface area contributed by atoms with Crippen molar-refractivity contribution in [2.24, 2.45) is 16.6 Å². The highest BCUT2D eigenvalue weighted by Crippen LogP contribution is 2.28. The van der Waals surface area contributed by atoms with Gasteiger partial charge >= 0.3 is 0 Å². The summed E-state index contributed by atoms with van der Waals surface area (Å²) >= 11 is 5.78. The minimum atomic E-state index is -0.384. The van der Waals surface area contributed by atoms with Crippen molar-refractivity contribution in [3.63, 3.8) is 0 Å². The van der Waals surface area contributed by atoms with Gasteiger partial charge < -0.3 is 5.73 Å². The molecule has 2 N–H and O–H groups in total. The summed E-state index contributed by atoms with van der Waals surface area (Å²) in [4.78, 5) is 4.14. The van der Waals surface area contributed by atoms with Gasteiger partial charge in [0.15, 0.2) is 0 Å². The molecular formula is C12H14ClFN2. The molecule has 0 radical (unpaired) electrons. The molecule has 0 saturated heterocycles. The first-order chi connectivity index (χ1) is 7.66. The minimum Gasteiger partial charge on any atom is -0.387 e. The highest BCUT2D eigenvalue weighted by molar-refractivity contribution is 6.30. The second-order valence-electron chi connectivity index (χ2n) is 4.11. The quantitative estimate of drug-likeness (QED) is 0.622. The molecule has 0 aromatic heterocycles. The van der Waals surface area contributed by atoms with Gasteiger partial charge in [0, 0.05) is 10.9 Å². The van der Waals surface area contributed by atoms with E-state index in [1.54, 1.807) is 0 Å². The lowest BCUT2D eigenvalue weighted by molar-refractivity contribution is 0.629. The fourth-order valence-electron chi connectivity index (χ4n) is 2.02. The Hall–Kier alpha value is -1.09. The monoisotopic (exact) mass is 240 g/mol. The van der Waals surface area contributed by atoms with Crippen LogP contribution in [-0.2, 0) is 0 Å². The summed E-state index contributed by atoms with van der Waals surface area (Å²) in [6.07, 6.45) is 4.47. The Morgan fingerprint density at radius 2 is 2.06 bits per heavy atom. The van der Waals surface area contributed by atoms with Gasteiger partial charge in [-0.15, -0.1) is 0 Å². The van der Waals surface area contributed by atoms with Gasteiger partial charge in [-0.3, -0.25) is 0 Å². The van der Waals surface area contributed by atoms with Crippen LogP contribution in [0.15, 0.2) is 23.2 Å². The third kappa shape index (κ3) is 2.53. The van der Waals surface area contributed by atoms with E-state index in [2.05, 4.69) is 4.99 Å². The van der Waals surface area contributed by atoms with Gasteiger partial charge in [-0.05, 0) is 31.0 Å². The molecule has 4 heteroatoms. The molecule has 1 aliphatic rings. The number of rotatable bonds is 2. The van der Waals surface area contributed by atoms with Crippen molar-refractivity contribution < 1.29 is 4.39 Å². The van der Waals surface area contributed by atoms with Crippen molar-refractivity contribution in [3.05, 3.63) is 29.0 Å². The normalized spacial score (nSPS) is 18.0. The molecule has 0 heterocycles. The van der Waals surface area contributed by atoms with Crippen LogP contribution in [0, 0.1) is 11.7 Å². The lowest BCUT2D eigenvalue weighted by Gasteiger charge is -2.08. The van der Waals surface area contributed by atoms with Crippen LogP contribution in [0.3, 0.4) is 0 Å². The number of nitrogens with zero attached hydrogens (tertiary/aromatic N) is 1. The lowest BCUT2D eigenvalue weighted by atomic mass is 10.1. The molecule has 0 atom stereocenters. The van der Waals surface area contributed by atoms with Gasteiger partial charge in [0.05, 0.1) is 0 Å². The number of benzene rings is 1. The summed E-state index contributed by atoms with van der Waals surface area (Å²) in [7, 11) is 0. The van der Waals surface area contributed by atoms with E-state index >= 15 is 0 Å². The molecule has 0 amide bonds. The number of amidine groups is 1. The Morgan fingerprint density at radius 3 is 2.75 bits per heavy atom. The molecule has 0 bridgehead atoms. The molecule has 1 fully saturated rings. The highest BCUT2D eigenvalue weighted by Gasteiger charge is 2.18. The Morgan fingerprint density at radius 1 is 1.38 bits per heavy atom. The van der Waals surface area contributed by atoms with Crippen molar-refractivity contribution in [3.8, 4) is 0 Å². The largest absolute Gasteiger partial charge is 0.387 e. The molecule has 0 unspecified atom stereocenters. The van der Waals surface area contributed by atoms with E-state index < -0.39 is 0 Å². The predicted molar refractivity (Wildman–Crippen MR) is 64.7 cm³/mol. The van der Waals surface area contributed by atoms with Crippen LogP contribution in [0.1, 0.15) is 25.7 Å². The van der Waals surface area contributed by atoms with Crippen LogP contribution < -0.4 is 5.73 Å². The number of halogens is 2. The fourth-order valence-corrected chi connectivity index (χ4v) is 2.19. The Bertz CT molecular complexity index is 411. The van der Waals surface area contributed by atoms with E-state index in [4.69, 9.17) is 17.3 Å². The van der Waals surface area contributed by atoms with Gasteiger partial charge in [-0.25, -0.2) is 9.38 Å². The minimum absolute atomic E-state index is 0.233. The Balaban J connectivity index is 2.23. The number of hydrogen-bond acceptors (Lipinski definition) is 1. The van der Waals surface area contributed by atoms with Crippen LogP contribution in [0.25, 0.3) is 0 Å². The molecule has 86 valence electrons. The van der Waals surface area contributed by atoms with Crippen LogP contribution >= 0.6 is 11.6 Å². The maximum atomic E-state index is 13.4. The number of nitrogens with two attached hydrogens (primary N) is 1. The van der Waals surface area contributed by atoms with Crippen molar-refractivity contribution in [1.29, 1.82) is 0 Å². The molecule has 2 rings (SSSR count). The highest BCUT2D eigenvalue weighted by atomic mass is 35.5. The molecular weight excluding hydrogens is 227 g/mol. The van der Waals surface area contributed by atoms with Gasteiger partial charge in [0.1, 0.15) is 17.3 Å². The van der Waals surface area contributed by atoms with Crippen LogP contribution in [0.5, 0.6) is 0 Å². The van der Waals surface area contributed by atoms with Gasteiger partial charge in [-0.2, -0.15) is 0 Å². The van der Waals surface area contributed by atoms with Gasteiger partial charge in [-0.1, -0.05) is 24.4 Å². The zero-order valence-electron chi connectivity index (χ0n) is 8.92. The van der Waals surface area contributed by atoms with Crippen molar-refractivity contribution in [2.75, 3.05) is 0 Å². The number of hydrogen-bond donors (Lipinski definition) is 1. The first-order valence-corrected chi connectivity index (χ1v) is 5.84. The van der Waals surface area contributed by atoms with Crippen LogP contribution in [0.4, 0.5) is 10.1 Å². The first kappa shape index (κ1) is 11.4. The summed E-state index contributed by atoms with van der Waals surface area (Å²) < 4.78 is 13.4. The second-order valence-corrected chi connectivity index (χ2v) is 4.55. The maximum absolute atomic E-state index is 13.4. The van der Waals surface area contributed by atoms with E-state index in [-0.39, 0.29) is 11.5 Å². The zero-order chi connectivity index (χ0) is 11.5. The molecule has 1 aromatic rings. The van der Waals surface area contributed by atoms with Crippen molar-refractivity contribution >= 4 is 23.1 Å². The Labute approximate surface area is 99.3 Å². The van der Waals surface area contributed by atoms with E-state index in [1.165, 1.54) is 31.0 Å². The first-order valence-electron chi connectivity index (χ1n) is 5.46. The average molecular weight is 241 g/mol. The summed E-state index contributed by atoms with van der Waals surface area (Å²) in [5.74, 6) is 0.447.